The van der Waals surface area contributed by atoms with Gasteiger partial charge in [-0.2, -0.15) is 5.26 Å². The SMILES string of the molecule is Cc1ccc(NC(=O)c2cccc(C3(C#N)CC3)c2)cc1Oc1ccc2nc(N)sc2c1. The number of hydrogen-bond acceptors (Lipinski definition) is 6. The number of nitriles is 1. The zero-order chi connectivity index (χ0) is 22.3. The normalized spacial score (nSPS) is 14.0. The summed E-state index contributed by atoms with van der Waals surface area (Å²) in [4.78, 5) is 17.1. The summed E-state index contributed by atoms with van der Waals surface area (Å²) >= 11 is 1.41. The van der Waals surface area contributed by atoms with E-state index in [0.717, 1.165) is 34.2 Å². The van der Waals surface area contributed by atoms with Crippen LogP contribution in [0.25, 0.3) is 10.2 Å². The van der Waals surface area contributed by atoms with Crippen molar-refractivity contribution in [2.24, 2.45) is 0 Å². The van der Waals surface area contributed by atoms with Crippen LogP contribution in [0.1, 0.15) is 34.3 Å². The highest BCUT2D eigenvalue weighted by Crippen LogP contribution is 2.47. The lowest BCUT2D eigenvalue weighted by atomic mass is 9.96. The third-order valence-corrected chi connectivity index (χ3v) is 6.54. The largest absolute Gasteiger partial charge is 0.457 e. The lowest BCUT2D eigenvalue weighted by molar-refractivity contribution is 0.102. The van der Waals surface area contributed by atoms with Crippen LogP contribution in [0.15, 0.2) is 60.7 Å². The van der Waals surface area contributed by atoms with Crippen LogP contribution in [0.5, 0.6) is 11.5 Å². The van der Waals surface area contributed by atoms with Gasteiger partial charge in [-0.15, -0.1) is 0 Å². The van der Waals surface area contributed by atoms with Gasteiger partial charge >= 0.3 is 0 Å². The number of nitrogens with one attached hydrogen (secondary N) is 1. The van der Waals surface area contributed by atoms with Crippen molar-refractivity contribution >= 4 is 38.3 Å². The molecule has 0 saturated heterocycles. The van der Waals surface area contributed by atoms with Crippen molar-refractivity contribution in [2.45, 2.75) is 25.2 Å². The molecule has 158 valence electrons. The quantitative estimate of drug-likeness (QED) is 0.409. The van der Waals surface area contributed by atoms with E-state index in [9.17, 15) is 10.1 Å². The first-order valence-corrected chi connectivity index (χ1v) is 11.1. The molecule has 1 amide bonds. The second-order valence-corrected chi connectivity index (χ2v) is 9.06. The Morgan fingerprint density at radius 2 is 2.03 bits per heavy atom. The third-order valence-electron chi connectivity index (χ3n) is 5.69. The highest BCUT2D eigenvalue weighted by Gasteiger charge is 2.45. The molecule has 0 aliphatic heterocycles. The predicted molar refractivity (Wildman–Crippen MR) is 126 cm³/mol. The molecule has 3 N–H and O–H groups in total. The number of thiazole rings is 1. The van der Waals surface area contributed by atoms with Crippen LogP contribution in [-0.4, -0.2) is 10.9 Å². The highest BCUT2D eigenvalue weighted by atomic mass is 32.1. The molecule has 0 spiro atoms. The second kappa shape index (κ2) is 7.66. The monoisotopic (exact) mass is 440 g/mol. The van der Waals surface area contributed by atoms with E-state index >= 15 is 0 Å². The number of carbonyl (C=O) groups is 1. The average Bonchev–Trinajstić information content (AvgIpc) is 3.51. The van der Waals surface area contributed by atoms with E-state index in [2.05, 4.69) is 16.4 Å². The third kappa shape index (κ3) is 3.77. The number of nitrogens with zero attached hydrogens (tertiary/aromatic N) is 2. The molecule has 1 aromatic heterocycles. The summed E-state index contributed by atoms with van der Waals surface area (Å²) < 4.78 is 7.04. The van der Waals surface area contributed by atoms with Crippen LogP contribution in [-0.2, 0) is 5.41 Å². The molecule has 1 aliphatic carbocycles. The van der Waals surface area contributed by atoms with Crippen LogP contribution < -0.4 is 15.8 Å². The maximum atomic E-state index is 12.9. The molecule has 6 nitrogen and oxygen atoms in total. The van der Waals surface area contributed by atoms with Crippen molar-refractivity contribution in [3.05, 3.63) is 77.4 Å². The van der Waals surface area contributed by atoms with Crippen LogP contribution >= 0.6 is 11.3 Å². The van der Waals surface area contributed by atoms with Crippen molar-refractivity contribution in [1.82, 2.24) is 4.98 Å². The molecule has 1 heterocycles. The minimum atomic E-state index is -0.426. The number of carbonyl (C=O) groups excluding carboxylic acids is 1. The molecule has 1 fully saturated rings. The Morgan fingerprint density at radius 1 is 1.19 bits per heavy atom. The predicted octanol–water partition coefficient (Wildman–Crippen LogP) is 5.79. The molecule has 32 heavy (non-hydrogen) atoms. The number of benzene rings is 3. The Morgan fingerprint density at radius 3 is 2.81 bits per heavy atom. The summed E-state index contributed by atoms with van der Waals surface area (Å²) in [6, 6.07) is 20.9. The van der Waals surface area contributed by atoms with Crippen molar-refractivity contribution in [2.75, 3.05) is 11.1 Å². The number of anilines is 2. The van der Waals surface area contributed by atoms with Gasteiger partial charge in [-0.25, -0.2) is 4.98 Å². The fourth-order valence-electron chi connectivity index (χ4n) is 3.65. The Bertz CT molecular complexity index is 1400. The number of rotatable bonds is 5. The number of hydrogen-bond donors (Lipinski definition) is 2. The Kier molecular flexibility index (Phi) is 4.80. The van der Waals surface area contributed by atoms with Crippen molar-refractivity contribution in [1.29, 1.82) is 5.26 Å². The molecule has 4 aromatic rings. The molecule has 1 aliphatic rings. The van der Waals surface area contributed by atoms with Crippen molar-refractivity contribution in [3.63, 3.8) is 0 Å². The fourth-order valence-corrected chi connectivity index (χ4v) is 4.42. The van der Waals surface area contributed by atoms with Crippen LogP contribution in [0.3, 0.4) is 0 Å². The van der Waals surface area contributed by atoms with Crippen molar-refractivity contribution < 1.29 is 9.53 Å². The summed E-state index contributed by atoms with van der Waals surface area (Å²) in [6.45, 7) is 1.95. The summed E-state index contributed by atoms with van der Waals surface area (Å²) in [5, 5.41) is 12.9. The first-order chi connectivity index (χ1) is 15.5. The van der Waals surface area contributed by atoms with Gasteiger partial charge in [-0.05, 0) is 61.2 Å². The molecule has 0 radical (unpaired) electrons. The lowest BCUT2D eigenvalue weighted by Crippen LogP contribution is -2.13. The molecule has 3 aromatic carbocycles. The fraction of sp³-hybridized carbons (Fsp3) is 0.160. The number of amides is 1. The van der Waals surface area contributed by atoms with E-state index < -0.39 is 5.41 Å². The summed E-state index contributed by atoms with van der Waals surface area (Å²) in [5.74, 6) is 1.10. The smallest absolute Gasteiger partial charge is 0.255 e. The van der Waals surface area contributed by atoms with Gasteiger partial charge in [0.2, 0.25) is 0 Å². The number of aryl methyl sites for hydroxylation is 1. The maximum absolute atomic E-state index is 12.9. The molecule has 0 atom stereocenters. The first kappa shape index (κ1) is 20.0. The maximum Gasteiger partial charge on any atom is 0.255 e. The second-order valence-electron chi connectivity index (χ2n) is 7.99. The van der Waals surface area contributed by atoms with Gasteiger partial charge in [0.05, 0.1) is 21.7 Å². The van der Waals surface area contributed by atoms with Gasteiger partial charge in [0.15, 0.2) is 5.13 Å². The van der Waals surface area contributed by atoms with Gasteiger partial charge in [0.25, 0.3) is 5.91 Å². The van der Waals surface area contributed by atoms with Crippen LogP contribution in [0.2, 0.25) is 0 Å². The zero-order valence-electron chi connectivity index (χ0n) is 17.4. The van der Waals surface area contributed by atoms with Gasteiger partial charge in [0, 0.05) is 23.4 Å². The van der Waals surface area contributed by atoms with Crippen LogP contribution in [0, 0.1) is 18.3 Å². The number of nitrogen functional groups attached to an aromatic ring is 1. The van der Waals surface area contributed by atoms with Gasteiger partial charge < -0.3 is 15.8 Å². The molecule has 5 rings (SSSR count). The first-order valence-electron chi connectivity index (χ1n) is 10.2. The number of ether oxygens (including phenoxy) is 1. The minimum absolute atomic E-state index is 0.225. The number of fused-ring (bicyclic) bond motifs is 1. The van der Waals surface area contributed by atoms with Gasteiger partial charge in [-0.1, -0.05) is 29.5 Å². The van der Waals surface area contributed by atoms with Gasteiger partial charge in [0.1, 0.15) is 11.5 Å². The van der Waals surface area contributed by atoms with E-state index in [1.165, 1.54) is 11.3 Å². The van der Waals surface area contributed by atoms with Gasteiger partial charge in [-0.3, -0.25) is 4.79 Å². The van der Waals surface area contributed by atoms with Crippen molar-refractivity contribution in [3.8, 4) is 17.6 Å². The van der Waals surface area contributed by atoms with E-state index in [-0.39, 0.29) is 5.91 Å². The number of nitrogens with two attached hydrogens (primary N) is 1. The summed E-state index contributed by atoms with van der Waals surface area (Å²) in [5.41, 5.74) is 9.20. The van der Waals surface area contributed by atoms with E-state index in [4.69, 9.17) is 10.5 Å². The summed E-state index contributed by atoms with van der Waals surface area (Å²) in [6.07, 6.45) is 1.68. The Balaban J connectivity index is 1.36. The Labute approximate surface area is 189 Å². The topological polar surface area (TPSA) is 101 Å². The standard InChI is InChI=1S/C25H20N4O2S/c1-15-5-6-18(12-21(15)31-19-7-8-20-22(13-19)32-24(27)29-20)28-23(30)16-3-2-4-17(11-16)25(14-26)9-10-25/h2-8,11-13H,9-10H2,1H3,(H2,27,29)(H,28,30). The molecular formula is C25H20N4O2S. The number of aromatic nitrogens is 1. The summed E-state index contributed by atoms with van der Waals surface area (Å²) in [7, 11) is 0. The van der Waals surface area contributed by atoms with E-state index in [1.54, 1.807) is 12.1 Å². The van der Waals surface area contributed by atoms with Crippen LogP contribution in [0.4, 0.5) is 10.8 Å². The lowest BCUT2D eigenvalue weighted by Gasteiger charge is -2.13. The molecular weight excluding hydrogens is 420 g/mol. The van der Waals surface area contributed by atoms with E-state index in [0.29, 0.717) is 27.9 Å². The highest BCUT2D eigenvalue weighted by molar-refractivity contribution is 7.22. The Hall–Kier alpha value is -3.89. The molecule has 0 bridgehead atoms. The zero-order valence-corrected chi connectivity index (χ0v) is 18.2. The molecule has 1 saturated carbocycles. The molecule has 0 unspecified atom stereocenters. The minimum Gasteiger partial charge on any atom is -0.457 e. The average molecular weight is 441 g/mol. The molecule has 7 heteroatoms. The van der Waals surface area contributed by atoms with E-state index in [1.807, 2.05) is 55.5 Å².